The molecule has 1 saturated heterocycles. The first-order valence-corrected chi connectivity index (χ1v) is 38.9. The highest BCUT2D eigenvalue weighted by atomic mass is 19.1. The lowest BCUT2D eigenvalue weighted by Gasteiger charge is -2.42. The van der Waals surface area contributed by atoms with Crippen molar-refractivity contribution >= 4 is 66.7 Å². The van der Waals surface area contributed by atoms with Gasteiger partial charge in [0.15, 0.2) is 0 Å². The molecular formula is C81H101FN18O8. The van der Waals surface area contributed by atoms with Gasteiger partial charge in [-0.3, -0.25) is 52.2 Å². The number of ketones is 4. The number of hydrogen-bond donors (Lipinski definition) is 0. The molecule has 0 bridgehead atoms. The SMILES string of the molecule is C=C1CN(C2CCC(n3cc(-c4cc5nn(C)cc5c(O[C@H](C)[C@H]5CCC(=O)C5)n4)cn3)CC2)CCN1C.C[C@@H](Oc1nc(-c2cc3nn(C)cc3c(O[C@H](C)[C@H]3CCC(=O)C3)n2)cc2nn(C)cc12)[C@@H]1CCC(=O)C1.C[C@@H](Oc1nc(-c2cnn(C3CCC(C)(F)CC3)c2)cc2nn(C)cc12)[C@H]1CCC(=O)C1. The van der Waals surface area contributed by atoms with Crippen molar-refractivity contribution in [2.75, 3.05) is 26.7 Å². The average molecular weight is 1470 g/mol. The van der Waals surface area contributed by atoms with Crippen molar-refractivity contribution in [2.24, 2.45) is 51.9 Å². The Bertz CT molecular complexity index is 4890. The Kier molecular flexibility index (Phi) is 20.9. The second kappa shape index (κ2) is 30.7. The molecule has 0 spiro atoms. The minimum absolute atomic E-state index is 0.0806. The fourth-order valence-corrected chi connectivity index (χ4v) is 17.1. The molecule has 17 rings (SSSR count). The first-order chi connectivity index (χ1) is 51.8. The summed E-state index contributed by atoms with van der Waals surface area (Å²) in [5, 5.41) is 31.1. The Morgan fingerprint density at radius 2 is 0.750 bits per heavy atom. The zero-order chi connectivity index (χ0) is 75.4. The van der Waals surface area contributed by atoms with Gasteiger partial charge in [-0.2, -0.15) is 30.6 Å². The van der Waals surface area contributed by atoms with Crippen LogP contribution in [0.3, 0.4) is 0 Å². The number of halogens is 1. The topological polar surface area (TPSA) is 270 Å². The number of alkyl halides is 1. The summed E-state index contributed by atoms with van der Waals surface area (Å²) in [6.45, 7) is 17.2. The normalized spacial score (nSPS) is 24.7. The van der Waals surface area contributed by atoms with E-state index in [2.05, 4.69) is 59.8 Å². The number of piperazine rings is 1. The lowest BCUT2D eigenvalue weighted by molar-refractivity contribution is -0.118. The number of fused-ring (bicyclic) bond motifs is 4. The molecule has 108 heavy (non-hydrogen) atoms. The summed E-state index contributed by atoms with van der Waals surface area (Å²) in [5.74, 6) is 4.08. The standard InChI is InChI=1S/C29H39N7O2.C28H32N6O4.C24H30FN5O2/c1-19-16-35(12-11-33(19)3)23-6-8-24(9-7-23)36-17-22(15-30-36)27-14-28-26(18-34(4)32-28)29(31-27)38-20(2)21-5-10-25(37)13-21;1-15(17-5-7-19(35)9-17)37-27-21-13-33(3)31-23(21)11-25(29-27)26-12-24-22(14-34(4)32-24)28(30-26)38-16(2)18-6-8-20(36)10-18;1-15(16-4-5-19(31)10-16)32-23-20-14-29(3)28-22(20)11-21(27-23)17-12-26-30(13-17)18-6-8-24(2,25)9-7-18/h14-15,17-18,20-21,23-24H,1,5-13,16H2,2-4H3;11-18H,5-10H2,1-4H3;11-16,18H,4-10H2,1-3H3/t20-,21+,23?,24?;15-,16-,17-,18+;15-,16+,18?,24?/m111/s1. The molecule has 6 aliphatic carbocycles. The number of aryl methyl sites for hydroxylation is 4. The first kappa shape index (κ1) is 73.7. The maximum Gasteiger partial charge on any atom is 0.225 e. The predicted octanol–water partition coefficient (Wildman–Crippen LogP) is 13.2. The van der Waals surface area contributed by atoms with Gasteiger partial charge in [0.25, 0.3) is 0 Å². The minimum Gasteiger partial charge on any atom is -0.474 e. The Hall–Kier alpha value is -9.79. The molecule has 0 amide bonds. The van der Waals surface area contributed by atoms with Gasteiger partial charge < -0.3 is 23.8 Å². The van der Waals surface area contributed by atoms with E-state index in [-0.39, 0.29) is 65.7 Å². The van der Waals surface area contributed by atoms with Gasteiger partial charge in [-0.1, -0.05) is 6.58 Å². The van der Waals surface area contributed by atoms with Crippen molar-refractivity contribution in [3.05, 3.63) is 86.1 Å². The molecule has 7 fully saturated rings. The summed E-state index contributed by atoms with van der Waals surface area (Å²) in [7, 11) is 9.65. The Morgan fingerprint density at radius 3 is 1.07 bits per heavy atom. The van der Waals surface area contributed by atoms with Crippen LogP contribution < -0.4 is 18.9 Å². The second-order valence-corrected chi connectivity index (χ2v) is 32.1. The van der Waals surface area contributed by atoms with Gasteiger partial charge in [-0.25, -0.2) is 24.3 Å². The van der Waals surface area contributed by atoms with Crippen LogP contribution in [0, 0.1) is 23.7 Å². The second-order valence-electron chi connectivity index (χ2n) is 32.1. The maximum atomic E-state index is 14.2. The van der Waals surface area contributed by atoms with Crippen LogP contribution in [0.15, 0.2) is 86.1 Å². The summed E-state index contributed by atoms with van der Waals surface area (Å²) in [6, 6.07) is 9.01. The fraction of sp³-hybridized carbons (Fsp3) is 0.556. The lowest BCUT2D eigenvalue weighted by atomic mass is 9.85. The average Bonchev–Trinajstić information content (AvgIpc) is 1.54. The van der Waals surface area contributed by atoms with E-state index < -0.39 is 5.67 Å². The highest BCUT2D eigenvalue weighted by molar-refractivity contribution is 5.91. The van der Waals surface area contributed by atoms with Gasteiger partial charge in [0, 0.05) is 190 Å². The summed E-state index contributed by atoms with van der Waals surface area (Å²) < 4.78 is 50.7. The van der Waals surface area contributed by atoms with Crippen molar-refractivity contribution in [3.8, 4) is 57.4 Å². The summed E-state index contributed by atoms with van der Waals surface area (Å²) >= 11 is 0. The number of rotatable bonds is 18. The lowest BCUT2D eigenvalue weighted by Crippen LogP contribution is -2.48. The number of ether oxygens (including phenoxy) is 4. The number of Topliss-reactive ketones (excluding diaryl/α,β-unsaturated/α-hetero) is 4. The molecule has 26 nitrogen and oxygen atoms in total. The molecule has 0 aromatic carbocycles. The van der Waals surface area contributed by atoms with Gasteiger partial charge in [-0.15, -0.1) is 0 Å². The van der Waals surface area contributed by atoms with Crippen LogP contribution in [-0.4, -0.2) is 174 Å². The van der Waals surface area contributed by atoms with E-state index in [1.807, 2.05) is 128 Å². The number of carbonyl (C=O) groups excluding carboxylic acids is 4. The summed E-state index contributed by atoms with van der Waals surface area (Å²) in [4.78, 5) is 71.6. The third-order valence-electron chi connectivity index (χ3n) is 23.9. The monoisotopic (exact) mass is 1470 g/mol. The number of hydrogen-bond acceptors (Lipinski definition) is 20. The van der Waals surface area contributed by atoms with Crippen LogP contribution in [0.2, 0.25) is 0 Å². The van der Waals surface area contributed by atoms with Gasteiger partial charge in [0.1, 0.15) is 53.2 Å². The minimum atomic E-state index is -1.06. The predicted molar refractivity (Wildman–Crippen MR) is 407 cm³/mol. The van der Waals surface area contributed by atoms with E-state index in [4.69, 9.17) is 44.0 Å². The molecule has 27 heteroatoms. The zero-order valence-electron chi connectivity index (χ0n) is 63.9. The van der Waals surface area contributed by atoms with Crippen LogP contribution in [0.5, 0.6) is 23.5 Å². The first-order valence-electron chi connectivity index (χ1n) is 38.9. The molecule has 570 valence electrons. The highest BCUT2D eigenvalue weighted by Crippen LogP contribution is 2.42. The van der Waals surface area contributed by atoms with E-state index in [1.54, 1.807) is 25.7 Å². The summed E-state index contributed by atoms with van der Waals surface area (Å²) in [5.41, 5.74) is 7.93. The van der Waals surface area contributed by atoms with Crippen molar-refractivity contribution < 1.29 is 42.5 Å². The largest absolute Gasteiger partial charge is 0.474 e. The summed E-state index contributed by atoms with van der Waals surface area (Å²) in [6.07, 6.45) is 30.5. The third-order valence-corrected chi connectivity index (χ3v) is 23.9. The number of pyridine rings is 4. The molecule has 8 atom stereocenters. The Morgan fingerprint density at radius 1 is 0.435 bits per heavy atom. The van der Waals surface area contributed by atoms with Crippen molar-refractivity contribution in [3.63, 3.8) is 0 Å². The molecule has 1 aliphatic heterocycles. The van der Waals surface area contributed by atoms with Crippen molar-refractivity contribution in [2.45, 2.75) is 211 Å². The van der Waals surface area contributed by atoms with Crippen LogP contribution in [-0.2, 0) is 47.4 Å². The van der Waals surface area contributed by atoms with Crippen LogP contribution >= 0.6 is 0 Å². The van der Waals surface area contributed by atoms with Crippen LogP contribution in [0.25, 0.3) is 77.5 Å². The van der Waals surface area contributed by atoms with Crippen LogP contribution in [0.4, 0.5) is 4.39 Å². The van der Waals surface area contributed by atoms with Gasteiger partial charge in [0.2, 0.25) is 23.5 Å². The highest BCUT2D eigenvalue weighted by Gasteiger charge is 2.37. The zero-order valence-corrected chi connectivity index (χ0v) is 63.9. The Balaban J connectivity index is 0.000000130. The van der Waals surface area contributed by atoms with Gasteiger partial charge >= 0.3 is 0 Å². The molecule has 0 N–H and O–H groups in total. The molecule has 6 saturated carbocycles. The number of likely N-dealkylation sites (N-methyl/N-ethyl adjacent to an activating group) is 1. The van der Waals surface area contributed by atoms with Crippen molar-refractivity contribution in [1.82, 2.24) is 88.4 Å². The molecule has 10 aromatic rings. The maximum absolute atomic E-state index is 14.2. The van der Waals surface area contributed by atoms with Crippen molar-refractivity contribution in [1.29, 1.82) is 0 Å². The molecule has 0 radical (unpaired) electrons. The smallest absolute Gasteiger partial charge is 0.225 e. The van der Waals surface area contributed by atoms with Gasteiger partial charge in [0.05, 0.1) is 90.9 Å². The quantitative estimate of drug-likeness (QED) is 0.0772. The van der Waals surface area contributed by atoms with E-state index in [0.717, 1.165) is 137 Å². The third kappa shape index (κ3) is 16.3. The van der Waals surface area contributed by atoms with E-state index in [9.17, 15) is 23.6 Å². The van der Waals surface area contributed by atoms with Crippen LogP contribution in [0.1, 0.15) is 175 Å². The molecule has 7 aliphatic rings. The van der Waals surface area contributed by atoms with E-state index in [0.29, 0.717) is 123 Å². The molecule has 11 heterocycles. The molecular weight excluding hydrogens is 1370 g/mol. The van der Waals surface area contributed by atoms with Gasteiger partial charge in [-0.05, 0) is 136 Å². The number of nitrogens with zero attached hydrogens (tertiary/aromatic N) is 18. The number of aromatic nitrogens is 16. The fourth-order valence-electron chi connectivity index (χ4n) is 17.1. The van der Waals surface area contributed by atoms with E-state index >= 15 is 0 Å². The number of carbonyl (C=O) groups is 4. The Labute approximate surface area is 628 Å². The van der Waals surface area contributed by atoms with E-state index in [1.165, 1.54) is 18.5 Å². The molecule has 10 aromatic heterocycles. The molecule has 0 unspecified atom stereocenters.